The molecule has 0 heteroatoms. The fourth-order valence-corrected chi connectivity index (χ4v) is 3.10. The minimum Gasteiger partial charge on any atom is -0.0622 e. The molecule has 0 radical (unpaired) electrons. The molecule has 0 N–H and O–H groups in total. The van der Waals surface area contributed by atoms with Crippen LogP contribution < -0.4 is 0 Å². The van der Waals surface area contributed by atoms with Gasteiger partial charge in [0, 0.05) is 0 Å². The molecule has 0 unspecified atom stereocenters. The van der Waals surface area contributed by atoms with Crippen molar-refractivity contribution in [2.45, 2.75) is 6.92 Å². The van der Waals surface area contributed by atoms with Crippen molar-refractivity contribution >= 4 is 17.2 Å². The lowest BCUT2D eigenvalue weighted by Gasteiger charge is -2.05. The summed E-state index contributed by atoms with van der Waals surface area (Å²) in [5.74, 6) is 0. The largest absolute Gasteiger partial charge is 0.0622 e. The Morgan fingerprint density at radius 2 is 1.30 bits per heavy atom. The maximum absolute atomic E-state index is 2.31. The Hall–Kier alpha value is -2.86. The van der Waals surface area contributed by atoms with Crippen LogP contribution in [0.4, 0.5) is 0 Å². The lowest BCUT2D eigenvalue weighted by atomic mass is 9.99. The first-order chi connectivity index (χ1) is 11.3. The molecule has 0 fully saturated rings. The summed E-state index contributed by atoms with van der Waals surface area (Å²) in [7, 11) is 0. The van der Waals surface area contributed by atoms with E-state index in [4.69, 9.17) is 0 Å². The van der Waals surface area contributed by atoms with Crippen LogP contribution in [-0.4, -0.2) is 0 Å². The van der Waals surface area contributed by atoms with Gasteiger partial charge in [0.25, 0.3) is 0 Å². The van der Waals surface area contributed by atoms with E-state index >= 15 is 0 Å². The predicted octanol–water partition coefficient (Wildman–Crippen LogP) is 5.98. The number of aryl methyl sites for hydroxylation is 1. The van der Waals surface area contributed by atoms with Gasteiger partial charge in [-0.25, -0.2) is 0 Å². The van der Waals surface area contributed by atoms with Gasteiger partial charge in [-0.05, 0) is 52.5 Å². The Balaban J connectivity index is 1.85. The molecule has 0 bridgehead atoms. The standard InChI is InChI=1S/C23H18/c1-17-11-13-18(14-12-17)15-20-16-23(19-7-3-2-4-8-19)22-10-6-5-9-21(20)22/h2-16H,1H3/b20-15+. The van der Waals surface area contributed by atoms with Gasteiger partial charge in [0.15, 0.2) is 0 Å². The number of benzene rings is 3. The maximum Gasteiger partial charge on any atom is -0.00990 e. The lowest BCUT2D eigenvalue weighted by Crippen LogP contribution is -1.85. The molecular weight excluding hydrogens is 276 g/mol. The summed E-state index contributed by atoms with van der Waals surface area (Å²) in [5.41, 5.74) is 9.02. The third kappa shape index (κ3) is 2.64. The Morgan fingerprint density at radius 1 is 0.652 bits per heavy atom. The zero-order chi connectivity index (χ0) is 15.6. The van der Waals surface area contributed by atoms with Crippen molar-refractivity contribution in [2.24, 2.45) is 0 Å². The summed E-state index contributed by atoms with van der Waals surface area (Å²) in [6.07, 6.45) is 4.58. The van der Waals surface area contributed by atoms with Gasteiger partial charge in [-0.1, -0.05) is 84.4 Å². The highest BCUT2D eigenvalue weighted by molar-refractivity contribution is 6.05. The Labute approximate surface area is 137 Å². The first-order valence-electron chi connectivity index (χ1n) is 7.96. The number of hydrogen-bond donors (Lipinski definition) is 0. The Morgan fingerprint density at radius 3 is 2.04 bits per heavy atom. The van der Waals surface area contributed by atoms with Crippen LogP contribution in [0.5, 0.6) is 0 Å². The molecule has 0 saturated heterocycles. The van der Waals surface area contributed by atoms with Crippen LogP contribution in [0, 0.1) is 6.92 Å². The van der Waals surface area contributed by atoms with Gasteiger partial charge in [-0.3, -0.25) is 0 Å². The van der Waals surface area contributed by atoms with E-state index in [-0.39, 0.29) is 0 Å². The van der Waals surface area contributed by atoms with Gasteiger partial charge in [-0.2, -0.15) is 0 Å². The molecule has 4 rings (SSSR count). The summed E-state index contributed by atoms with van der Waals surface area (Å²) in [6, 6.07) is 28.0. The number of allylic oxidation sites excluding steroid dienone is 2. The summed E-state index contributed by atoms with van der Waals surface area (Å²) in [4.78, 5) is 0. The maximum atomic E-state index is 2.31. The second-order valence-corrected chi connectivity index (χ2v) is 5.98. The zero-order valence-electron chi connectivity index (χ0n) is 13.2. The van der Waals surface area contributed by atoms with Crippen LogP contribution in [0.2, 0.25) is 0 Å². The minimum absolute atomic E-state index is 1.24. The minimum atomic E-state index is 1.24. The van der Waals surface area contributed by atoms with Gasteiger partial charge in [0.1, 0.15) is 0 Å². The molecule has 1 aliphatic carbocycles. The third-order valence-corrected chi connectivity index (χ3v) is 4.31. The van der Waals surface area contributed by atoms with Crippen LogP contribution in [0.3, 0.4) is 0 Å². The summed E-state index contributed by atoms with van der Waals surface area (Å²) < 4.78 is 0. The molecule has 0 aromatic heterocycles. The zero-order valence-corrected chi connectivity index (χ0v) is 13.2. The molecule has 0 aliphatic heterocycles. The molecule has 0 amide bonds. The monoisotopic (exact) mass is 294 g/mol. The quantitative estimate of drug-likeness (QED) is 0.545. The van der Waals surface area contributed by atoms with E-state index < -0.39 is 0 Å². The van der Waals surface area contributed by atoms with Crippen molar-refractivity contribution in [1.29, 1.82) is 0 Å². The van der Waals surface area contributed by atoms with E-state index in [9.17, 15) is 0 Å². The highest BCUT2D eigenvalue weighted by atomic mass is 14.2. The molecule has 3 aromatic carbocycles. The molecule has 0 saturated carbocycles. The summed E-state index contributed by atoms with van der Waals surface area (Å²) in [6.45, 7) is 2.12. The van der Waals surface area contributed by atoms with Crippen LogP contribution in [-0.2, 0) is 0 Å². The first kappa shape index (κ1) is 13.8. The molecule has 0 spiro atoms. The molecule has 0 atom stereocenters. The molecule has 1 aliphatic rings. The van der Waals surface area contributed by atoms with Gasteiger partial charge in [0.2, 0.25) is 0 Å². The smallest absolute Gasteiger partial charge is 0.00990 e. The van der Waals surface area contributed by atoms with Crippen molar-refractivity contribution < 1.29 is 0 Å². The summed E-state index contributed by atoms with van der Waals surface area (Å²) >= 11 is 0. The van der Waals surface area contributed by atoms with Gasteiger partial charge in [-0.15, -0.1) is 0 Å². The second kappa shape index (κ2) is 5.73. The van der Waals surface area contributed by atoms with E-state index in [2.05, 4.69) is 97.9 Å². The van der Waals surface area contributed by atoms with Gasteiger partial charge >= 0.3 is 0 Å². The molecule has 110 valence electrons. The van der Waals surface area contributed by atoms with E-state index in [1.165, 1.54) is 39.0 Å². The lowest BCUT2D eigenvalue weighted by molar-refractivity contribution is 1.46. The number of hydrogen-bond acceptors (Lipinski definition) is 0. The van der Waals surface area contributed by atoms with Crippen LogP contribution in [0.25, 0.3) is 17.2 Å². The van der Waals surface area contributed by atoms with Crippen LogP contribution in [0.15, 0.2) is 84.9 Å². The first-order valence-corrected chi connectivity index (χ1v) is 7.96. The normalized spacial score (nSPS) is 14.7. The molecular formula is C23H18. The molecule has 23 heavy (non-hydrogen) atoms. The highest BCUT2D eigenvalue weighted by Gasteiger charge is 2.18. The average Bonchev–Trinajstić information content (AvgIpc) is 2.97. The highest BCUT2D eigenvalue weighted by Crippen LogP contribution is 2.39. The molecule has 3 aromatic rings. The van der Waals surface area contributed by atoms with Gasteiger partial charge in [0.05, 0.1) is 0 Å². The van der Waals surface area contributed by atoms with E-state index in [1.54, 1.807) is 0 Å². The van der Waals surface area contributed by atoms with Gasteiger partial charge < -0.3 is 0 Å². The Kier molecular flexibility index (Phi) is 3.44. The Bertz CT molecular complexity index is 894. The predicted molar refractivity (Wildman–Crippen MR) is 99.0 cm³/mol. The van der Waals surface area contributed by atoms with E-state index in [1.807, 2.05) is 0 Å². The van der Waals surface area contributed by atoms with Crippen LogP contribution >= 0.6 is 0 Å². The SMILES string of the molecule is Cc1ccc(/C=C2\C=C(c3ccccc3)c3ccccc32)cc1. The fraction of sp³-hybridized carbons (Fsp3) is 0.0435. The topological polar surface area (TPSA) is 0 Å². The van der Waals surface area contributed by atoms with E-state index in [0.29, 0.717) is 0 Å². The summed E-state index contributed by atoms with van der Waals surface area (Å²) in [5, 5.41) is 0. The number of fused-ring (bicyclic) bond motifs is 1. The van der Waals surface area contributed by atoms with Crippen molar-refractivity contribution in [3.05, 3.63) is 113 Å². The molecule has 0 heterocycles. The average molecular weight is 294 g/mol. The van der Waals surface area contributed by atoms with Crippen molar-refractivity contribution in [3.8, 4) is 0 Å². The third-order valence-electron chi connectivity index (χ3n) is 4.31. The van der Waals surface area contributed by atoms with Crippen molar-refractivity contribution in [1.82, 2.24) is 0 Å². The van der Waals surface area contributed by atoms with Crippen molar-refractivity contribution in [2.75, 3.05) is 0 Å². The fourth-order valence-electron chi connectivity index (χ4n) is 3.10. The second-order valence-electron chi connectivity index (χ2n) is 5.98. The van der Waals surface area contributed by atoms with E-state index in [0.717, 1.165) is 0 Å². The van der Waals surface area contributed by atoms with Crippen LogP contribution in [0.1, 0.15) is 27.8 Å². The molecule has 0 nitrogen and oxygen atoms in total. The number of rotatable bonds is 2. The van der Waals surface area contributed by atoms with Crippen molar-refractivity contribution in [3.63, 3.8) is 0 Å².